The van der Waals surface area contributed by atoms with Crippen LogP contribution in [0.25, 0.3) is 0 Å². The second-order valence-electron chi connectivity index (χ2n) is 4.33. The van der Waals surface area contributed by atoms with Gasteiger partial charge < -0.3 is 10.1 Å². The van der Waals surface area contributed by atoms with Crippen molar-refractivity contribution in [2.24, 2.45) is 0 Å². The van der Waals surface area contributed by atoms with Gasteiger partial charge in [0, 0.05) is 6.54 Å². The summed E-state index contributed by atoms with van der Waals surface area (Å²) in [7, 11) is 0. The topological polar surface area (TPSA) is 21.3 Å². The largest absolute Gasteiger partial charge is 0.491 e. The first-order valence-electron chi connectivity index (χ1n) is 6.84. The molecule has 2 heteroatoms. The number of para-hydroxylation sites is 2. The predicted molar refractivity (Wildman–Crippen MR) is 74.9 cm³/mol. The second kappa shape index (κ2) is 8.91. The first-order valence-corrected chi connectivity index (χ1v) is 6.84. The first-order chi connectivity index (χ1) is 8.38. The van der Waals surface area contributed by atoms with E-state index >= 15 is 0 Å². The minimum atomic E-state index is 0.786. The fraction of sp³-hybridized carbons (Fsp3) is 0.600. The van der Waals surface area contributed by atoms with E-state index in [0.29, 0.717) is 0 Å². The van der Waals surface area contributed by atoms with Gasteiger partial charge in [-0.3, -0.25) is 0 Å². The van der Waals surface area contributed by atoms with Crippen LogP contribution in [-0.2, 0) is 0 Å². The van der Waals surface area contributed by atoms with Gasteiger partial charge in [0.05, 0.1) is 12.3 Å². The van der Waals surface area contributed by atoms with E-state index in [1.165, 1.54) is 25.7 Å². The summed E-state index contributed by atoms with van der Waals surface area (Å²) in [5.41, 5.74) is 1.12. The molecule has 0 amide bonds. The zero-order valence-corrected chi connectivity index (χ0v) is 11.2. The highest BCUT2D eigenvalue weighted by atomic mass is 16.5. The van der Waals surface area contributed by atoms with Crippen molar-refractivity contribution >= 4 is 5.69 Å². The van der Waals surface area contributed by atoms with Crippen LogP contribution in [0.4, 0.5) is 5.69 Å². The van der Waals surface area contributed by atoms with Crippen molar-refractivity contribution in [2.45, 2.75) is 46.0 Å². The molecule has 0 aliphatic carbocycles. The maximum atomic E-state index is 5.70. The molecule has 0 aliphatic heterocycles. The van der Waals surface area contributed by atoms with Gasteiger partial charge in [0.1, 0.15) is 5.75 Å². The first kappa shape index (κ1) is 13.9. The molecule has 0 atom stereocenters. The summed E-state index contributed by atoms with van der Waals surface area (Å²) in [5.74, 6) is 0.977. The van der Waals surface area contributed by atoms with Crippen LogP contribution in [0.2, 0.25) is 0 Å². The summed E-state index contributed by atoms with van der Waals surface area (Å²) in [4.78, 5) is 0. The highest BCUT2D eigenvalue weighted by Gasteiger charge is 2.00. The van der Waals surface area contributed by atoms with E-state index < -0.39 is 0 Å². The van der Waals surface area contributed by atoms with Crippen molar-refractivity contribution in [3.05, 3.63) is 24.3 Å². The van der Waals surface area contributed by atoms with Crippen LogP contribution >= 0.6 is 0 Å². The Balaban J connectivity index is 2.35. The fourth-order valence-corrected chi connectivity index (χ4v) is 1.73. The molecule has 0 aliphatic rings. The predicted octanol–water partition coefficient (Wildman–Crippen LogP) is 4.47. The van der Waals surface area contributed by atoms with Crippen molar-refractivity contribution in [3.63, 3.8) is 0 Å². The zero-order chi connectivity index (χ0) is 12.3. The van der Waals surface area contributed by atoms with Crippen molar-refractivity contribution in [1.29, 1.82) is 0 Å². The third-order valence-electron chi connectivity index (χ3n) is 2.69. The molecule has 1 aromatic carbocycles. The summed E-state index contributed by atoms with van der Waals surface area (Å²) in [6.45, 7) is 6.18. The Morgan fingerprint density at radius 1 is 1.00 bits per heavy atom. The van der Waals surface area contributed by atoms with Crippen molar-refractivity contribution in [3.8, 4) is 5.75 Å². The maximum absolute atomic E-state index is 5.70. The molecule has 0 unspecified atom stereocenters. The van der Waals surface area contributed by atoms with Gasteiger partial charge in [0.25, 0.3) is 0 Å². The monoisotopic (exact) mass is 235 g/mol. The van der Waals surface area contributed by atoms with Crippen LogP contribution in [-0.4, -0.2) is 13.2 Å². The van der Waals surface area contributed by atoms with Crippen LogP contribution in [0.15, 0.2) is 24.3 Å². The van der Waals surface area contributed by atoms with Crippen LogP contribution in [0.5, 0.6) is 5.75 Å². The molecule has 0 radical (unpaired) electrons. The number of hydrogen-bond acceptors (Lipinski definition) is 2. The molecule has 0 saturated carbocycles. The number of hydrogen-bond donors (Lipinski definition) is 1. The molecule has 1 N–H and O–H groups in total. The molecule has 96 valence electrons. The van der Waals surface area contributed by atoms with Crippen LogP contribution < -0.4 is 10.1 Å². The number of benzene rings is 1. The van der Waals surface area contributed by atoms with E-state index in [1.54, 1.807) is 0 Å². The molecule has 0 spiro atoms. The summed E-state index contributed by atoms with van der Waals surface area (Å²) < 4.78 is 5.70. The molecule has 1 aromatic rings. The minimum Gasteiger partial charge on any atom is -0.491 e. The summed E-state index contributed by atoms with van der Waals surface area (Å²) >= 11 is 0. The average molecular weight is 235 g/mol. The molecule has 0 saturated heterocycles. The molecule has 0 aromatic heterocycles. The molecule has 0 fully saturated rings. The van der Waals surface area contributed by atoms with Crippen LogP contribution in [0.1, 0.15) is 46.0 Å². The fourth-order valence-electron chi connectivity index (χ4n) is 1.73. The van der Waals surface area contributed by atoms with Gasteiger partial charge >= 0.3 is 0 Å². The summed E-state index contributed by atoms with van der Waals surface area (Å²) in [5, 5.41) is 3.46. The van der Waals surface area contributed by atoms with Gasteiger partial charge in [-0.15, -0.1) is 0 Å². The van der Waals surface area contributed by atoms with E-state index in [0.717, 1.165) is 31.0 Å². The Bertz CT molecular complexity index is 299. The summed E-state index contributed by atoms with van der Waals surface area (Å²) in [6.07, 6.45) is 6.20. The SMILES string of the molecule is CCCCCCNc1ccccc1OCCC. The third-order valence-corrected chi connectivity index (χ3v) is 2.69. The van der Waals surface area contributed by atoms with E-state index in [2.05, 4.69) is 25.2 Å². The van der Waals surface area contributed by atoms with Crippen LogP contribution in [0.3, 0.4) is 0 Å². The Morgan fingerprint density at radius 3 is 2.59 bits per heavy atom. The molecule has 0 bridgehead atoms. The standard InChI is InChI=1S/C15H25NO/c1-3-5-6-9-12-16-14-10-7-8-11-15(14)17-13-4-2/h7-8,10-11,16H,3-6,9,12-13H2,1-2H3. The van der Waals surface area contributed by atoms with Crippen LogP contribution in [0, 0.1) is 0 Å². The average Bonchev–Trinajstić information content (AvgIpc) is 2.37. The minimum absolute atomic E-state index is 0.786. The lowest BCUT2D eigenvalue weighted by Gasteiger charge is -2.12. The second-order valence-corrected chi connectivity index (χ2v) is 4.33. The highest BCUT2D eigenvalue weighted by molar-refractivity contribution is 5.56. The zero-order valence-electron chi connectivity index (χ0n) is 11.2. The Hall–Kier alpha value is -1.18. The number of anilines is 1. The van der Waals surface area contributed by atoms with Gasteiger partial charge in [0.15, 0.2) is 0 Å². The molecular formula is C15H25NO. The molecule has 2 nitrogen and oxygen atoms in total. The van der Waals surface area contributed by atoms with Crippen molar-refractivity contribution in [1.82, 2.24) is 0 Å². The third kappa shape index (κ3) is 5.62. The smallest absolute Gasteiger partial charge is 0.142 e. The van der Waals surface area contributed by atoms with Crippen molar-refractivity contribution < 1.29 is 4.74 Å². The quantitative estimate of drug-likeness (QED) is 0.638. The number of ether oxygens (including phenoxy) is 1. The van der Waals surface area contributed by atoms with Gasteiger partial charge in [-0.05, 0) is 25.0 Å². The Morgan fingerprint density at radius 2 is 1.82 bits per heavy atom. The number of nitrogens with one attached hydrogen (secondary N) is 1. The molecule has 0 heterocycles. The highest BCUT2D eigenvalue weighted by Crippen LogP contribution is 2.23. The normalized spacial score (nSPS) is 10.2. The number of unbranched alkanes of at least 4 members (excludes halogenated alkanes) is 3. The maximum Gasteiger partial charge on any atom is 0.142 e. The van der Waals surface area contributed by atoms with Gasteiger partial charge in [-0.1, -0.05) is 45.2 Å². The van der Waals surface area contributed by atoms with E-state index in [1.807, 2.05) is 18.2 Å². The molecule has 17 heavy (non-hydrogen) atoms. The Labute approximate surface area is 105 Å². The Kier molecular flexibility index (Phi) is 7.28. The van der Waals surface area contributed by atoms with E-state index in [4.69, 9.17) is 4.74 Å². The van der Waals surface area contributed by atoms with Crippen molar-refractivity contribution in [2.75, 3.05) is 18.5 Å². The lowest BCUT2D eigenvalue weighted by molar-refractivity contribution is 0.319. The lowest BCUT2D eigenvalue weighted by Crippen LogP contribution is -2.04. The summed E-state index contributed by atoms with van der Waals surface area (Å²) in [6, 6.07) is 8.19. The molecule has 1 rings (SSSR count). The number of rotatable bonds is 9. The van der Waals surface area contributed by atoms with Gasteiger partial charge in [-0.2, -0.15) is 0 Å². The van der Waals surface area contributed by atoms with Gasteiger partial charge in [0.2, 0.25) is 0 Å². The van der Waals surface area contributed by atoms with Gasteiger partial charge in [-0.25, -0.2) is 0 Å². The van der Waals surface area contributed by atoms with E-state index in [9.17, 15) is 0 Å². The lowest BCUT2D eigenvalue weighted by atomic mass is 10.2. The molecular weight excluding hydrogens is 210 g/mol. The van der Waals surface area contributed by atoms with E-state index in [-0.39, 0.29) is 0 Å².